The van der Waals surface area contributed by atoms with Crippen molar-refractivity contribution in [3.05, 3.63) is 0 Å². The molecule has 0 bridgehead atoms. The van der Waals surface area contributed by atoms with E-state index >= 15 is 0 Å². The van der Waals surface area contributed by atoms with Gasteiger partial charge in [-0.15, -0.1) is 0 Å². The minimum absolute atomic E-state index is 0.351. The summed E-state index contributed by atoms with van der Waals surface area (Å²) in [7, 11) is -2.96. The maximum Gasteiger partial charge on any atom is 0.155 e. The first-order valence-corrected chi connectivity index (χ1v) is 9.36. The number of nitrogens with one attached hydrogen (secondary N) is 1. The van der Waals surface area contributed by atoms with Crippen LogP contribution in [-0.2, 0) is 9.84 Å². The second kappa shape index (κ2) is 7.07. The largest absolute Gasteiger partial charge is 0.317 e. The molecular formula is C15H31NO2S. The standard InChI is InChI=1S/C15H31NO2S/c1-5-16-12-14-9-7-6-8-13(14)10-11-19(17,18)15(2,3)4/h13-14,16H,5-12H2,1-4H3. The molecule has 3 nitrogen and oxygen atoms in total. The molecule has 0 aromatic heterocycles. The SMILES string of the molecule is CCNCC1CCCCC1CCS(=O)(=O)C(C)(C)C. The van der Waals surface area contributed by atoms with Crippen LogP contribution in [0.15, 0.2) is 0 Å². The van der Waals surface area contributed by atoms with E-state index in [4.69, 9.17) is 0 Å². The molecule has 0 aromatic rings. The summed E-state index contributed by atoms with van der Waals surface area (Å²) in [4.78, 5) is 0. The zero-order chi connectivity index (χ0) is 14.5. The maximum atomic E-state index is 12.2. The van der Waals surface area contributed by atoms with Gasteiger partial charge in [0.15, 0.2) is 9.84 Å². The summed E-state index contributed by atoms with van der Waals surface area (Å²) >= 11 is 0. The third-order valence-electron chi connectivity index (χ3n) is 4.41. The zero-order valence-corrected chi connectivity index (χ0v) is 13.9. The van der Waals surface area contributed by atoms with Gasteiger partial charge in [0.1, 0.15) is 0 Å². The Morgan fingerprint density at radius 3 is 2.21 bits per heavy atom. The van der Waals surface area contributed by atoms with Crippen LogP contribution in [0, 0.1) is 11.8 Å². The van der Waals surface area contributed by atoms with E-state index in [1.54, 1.807) is 20.8 Å². The fourth-order valence-electron chi connectivity index (χ4n) is 2.88. The fraction of sp³-hybridized carbons (Fsp3) is 1.00. The minimum atomic E-state index is -2.96. The van der Waals surface area contributed by atoms with Crippen LogP contribution in [0.2, 0.25) is 0 Å². The second-order valence-electron chi connectivity index (χ2n) is 6.83. The van der Waals surface area contributed by atoms with Crippen molar-refractivity contribution in [3.8, 4) is 0 Å². The van der Waals surface area contributed by atoms with Crippen molar-refractivity contribution in [2.45, 2.75) is 64.5 Å². The number of sulfone groups is 1. The van der Waals surface area contributed by atoms with Gasteiger partial charge in [-0.25, -0.2) is 8.42 Å². The van der Waals surface area contributed by atoms with E-state index in [-0.39, 0.29) is 0 Å². The molecule has 0 spiro atoms. The zero-order valence-electron chi connectivity index (χ0n) is 13.0. The molecule has 0 saturated heterocycles. The van der Waals surface area contributed by atoms with E-state index in [9.17, 15) is 8.42 Å². The Hall–Kier alpha value is -0.0900. The summed E-state index contributed by atoms with van der Waals surface area (Å²) in [5.74, 6) is 1.61. The van der Waals surface area contributed by atoms with Crippen LogP contribution < -0.4 is 5.32 Å². The number of hydrogen-bond acceptors (Lipinski definition) is 3. The Bertz CT molecular complexity index is 357. The third-order valence-corrected chi connectivity index (χ3v) is 7.05. The lowest BCUT2D eigenvalue weighted by molar-refractivity contribution is 0.225. The van der Waals surface area contributed by atoms with Gasteiger partial charge in [-0.3, -0.25) is 0 Å². The quantitative estimate of drug-likeness (QED) is 0.817. The molecule has 1 aliphatic rings. The highest BCUT2D eigenvalue weighted by Gasteiger charge is 2.31. The normalized spacial score (nSPS) is 25.5. The van der Waals surface area contributed by atoms with E-state index in [1.165, 1.54) is 25.7 Å². The first-order valence-electron chi connectivity index (χ1n) is 7.71. The van der Waals surface area contributed by atoms with Crippen LogP contribution in [0.5, 0.6) is 0 Å². The van der Waals surface area contributed by atoms with Crippen molar-refractivity contribution in [3.63, 3.8) is 0 Å². The van der Waals surface area contributed by atoms with Gasteiger partial charge < -0.3 is 5.32 Å². The molecule has 19 heavy (non-hydrogen) atoms. The number of rotatable bonds is 6. The summed E-state index contributed by atoms with van der Waals surface area (Å²) in [6, 6.07) is 0. The molecule has 1 fully saturated rings. The van der Waals surface area contributed by atoms with Gasteiger partial charge >= 0.3 is 0 Å². The highest BCUT2D eigenvalue weighted by molar-refractivity contribution is 7.92. The molecule has 0 aliphatic heterocycles. The molecule has 0 amide bonds. The first kappa shape index (κ1) is 17.0. The lowest BCUT2D eigenvalue weighted by atomic mass is 9.78. The summed E-state index contributed by atoms with van der Waals surface area (Å²) in [5, 5.41) is 3.43. The second-order valence-corrected chi connectivity index (χ2v) is 9.69. The molecular weight excluding hydrogens is 258 g/mol. The Morgan fingerprint density at radius 2 is 1.68 bits per heavy atom. The fourth-order valence-corrected chi connectivity index (χ4v) is 4.10. The van der Waals surface area contributed by atoms with Crippen molar-refractivity contribution in [1.29, 1.82) is 0 Å². The minimum Gasteiger partial charge on any atom is -0.317 e. The maximum absolute atomic E-state index is 12.2. The van der Waals surface area contributed by atoms with E-state index in [1.807, 2.05) is 0 Å². The molecule has 2 unspecified atom stereocenters. The van der Waals surface area contributed by atoms with Crippen molar-refractivity contribution >= 4 is 9.84 Å². The van der Waals surface area contributed by atoms with Crippen LogP contribution in [0.25, 0.3) is 0 Å². The lowest BCUT2D eigenvalue weighted by Crippen LogP contribution is -2.34. The molecule has 114 valence electrons. The van der Waals surface area contributed by atoms with Gasteiger partial charge in [0, 0.05) is 0 Å². The number of hydrogen-bond donors (Lipinski definition) is 1. The first-order chi connectivity index (χ1) is 8.78. The Labute approximate surface area is 119 Å². The molecule has 1 N–H and O–H groups in total. The van der Waals surface area contributed by atoms with Crippen LogP contribution >= 0.6 is 0 Å². The highest BCUT2D eigenvalue weighted by Crippen LogP contribution is 2.33. The summed E-state index contributed by atoms with van der Waals surface area (Å²) in [6.07, 6.45) is 5.88. The average Bonchev–Trinajstić information content (AvgIpc) is 2.33. The van der Waals surface area contributed by atoms with Gasteiger partial charge in [0.25, 0.3) is 0 Å². The third kappa shape index (κ3) is 5.07. The lowest BCUT2D eigenvalue weighted by Gasteiger charge is -2.32. The monoisotopic (exact) mass is 289 g/mol. The Kier molecular flexibility index (Phi) is 6.31. The molecule has 4 heteroatoms. The Balaban J connectivity index is 2.54. The van der Waals surface area contributed by atoms with Gasteiger partial charge in [-0.1, -0.05) is 26.2 Å². The summed E-state index contributed by atoms with van der Waals surface area (Å²) < 4.78 is 23.8. The van der Waals surface area contributed by atoms with Gasteiger partial charge in [0.05, 0.1) is 10.5 Å². The molecule has 1 aliphatic carbocycles. The van der Waals surface area contributed by atoms with Crippen molar-refractivity contribution in [2.75, 3.05) is 18.8 Å². The molecule has 0 aromatic carbocycles. The van der Waals surface area contributed by atoms with Crippen LogP contribution in [-0.4, -0.2) is 32.0 Å². The van der Waals surface area contributed by atoms with E-state index in [0.717, 1.165) is 19.5 Å². The predicted octanol–water partition coefficient (Wildman–Crippen LogP) is 3.01. The van der Waals surface area contributed by atoms with Gasteiger partial charge in [0.2, 0.25) is 0 Å². The Morgan fingerprint density at radius 1 is 1.11 bits per heavy atom. The van der Waals surface area contributed by atoms with E-state index < -0.39 is 14.6 Å². The average molecular weight is 289 g/mol. The van der Waals surface area contributed by atoms with Crippen molar-refractivity contribution < 1.29 is 8.42 Å². The molecule has 0 radical (unpaired) electrons. The van der Waals surface area contributed by atoms with Crippen LogP contribution in [0.1, 0.15) is 59.8 Å². The van der Waals surface area contributed by atoms with E-state index in [2.05, 4.69) is 12.2 Å². The van der Waals surface area contributed by atoms with Crippen LogP contribution in [0.3, 0.4) is 0 Å². The predicted molar refractivity (Wildman–Crippen MR) is 82.1 cm³/mol. The van der Waals surface area contributed by atoms with Gasteiger partial charge in [-0.05, 0) is 58.5 Å². The topological polar surface area (TPSA) is 46.2 Å². The molecule has 0 heterocycles. The molecule has 2 atom stereocenters. The van der Waals surface area contributed by atoms with Crippen molar-refractivity contribution in [2.24, 2.45) is 11.8 Å². The molecule has 1 saturated carbocycles. The smallest absolute Gasteiger partial charge is 0.155 e. The van der Waals surface area contributed by atoms with Crippen molar-refractivity contribution in [1.82, 2.24) is 5.32 Å². The van der Waals surface area contributed by atoms with Crippen LogP contribution in [0.4, 0.5) is 0 Å². The van der Waals surface area contributed by atoms with Gasteiger partial charge in [-0.2, -0.15) is 0 Å². The summed E-state index contributed by atoms with van der Waals surface area (Å²) in [6.45, 7) is 9.60. The summed E-state index contributed by atoms with van der Waals surface area (Å²) in [5.41, 5.74) is 0. The highest BCUT2D eigenvalue weighted by atomic mass is 32.2. The molecule has 1 rings (SSSR count). The van der Waals surface area contributed by atoms with E-state index in [0.29, 0.717) is 17.6 Å².